The summed E-state index contributed by atoms with van der Waals surface area (Å²) < 4.78 is 5.09. The van der Waals surface area contributed by atoms with Crippen LogP contribution in [0, 0.1) is 6.54 Å². The Balaban J connectivity index is 2.17. The molecular formula is C12H17IN2-2. The molecule has 1 aromatic rings. The van der Waals surface area contributed by atoms with E-state index in [0.717, 1.165) is 0 Å². The van der Waals surface area contributed by atoms with Crippen molar-refractivity contribution in [3.05, 3.63) is 42.4 Å². The molecule has 0 N–H and O–H groups in total. The molecule has 0 spiro atoms. The van der Waals surface area contributed by atoms with Crippen molar-refractivity contribution in [2.75, 3.05) is 0 Å². The molecule has 2 nitrogen and oxygen atoms in total. The Kier molecular flexibility index (Phi) is 3.64. The SMILES string of the molecule is C[CH-]N1[I-]N(C(C)C)C1c1ccccc1. The Morgan fingerprint density at radius 3 is 2.47 bits per heavy atom. The third-order valence-corrected chi connectivity index (χ3v) is 6.20. The summed E-state index contributed by atoms with van der Waals surface area (Å²) in [6.07, 6.45) is 0.490. The van der Waals surface area contributed by atoms with Gasteiger partial charge in [0, 0.05) is 0 Å². The molecule has 84 valence electrons. The fourth-order valence-electron chi connectivity index (χ4n) is 1.72. The maximum atomic E-state index is 2.61. The number of nitrogens with zero attached hydrogens (tertiary/aromatic N) is 2. The van der Waals surface area contributed by atoms with Crippen molar-refractivity contribution >= 4 is 0 Å². The third kappa shape index (κ3) is 2.19. The van der Waals surface area contributed by atoms with E-state index in [1.54, 1.807) is 0 Å². The van der Waals surface area contributed by atoms with Crippen molar-refractivity contribution in [1.82, 2.24) is 6.23 Å². The molecule has 1 aliphatic heterocycles. The quantitative estimate of drug-likeness (QED) is 0.433. The van der Waals surface area contributed by atoms with Crippen molar-refractivity contribution in [2.24, 2.45) is 0 Å². The zero-order valence-corrected chi connectivity index (χ0v) is 11.5. The molecule has 1 fully saturated rings. The predicted molar refractivity (Wildman–Crippen MR) is 58.0 cm³/mol. The monoisotopic (exact) mass is 316 g/mol. The van der Waals surface area contributed by atoms with Gasteiger partial charge in [0.1, 0.15) is 0 Å². The molecular weight excluding hydrogens is 299 g/mol. The summed E-state index contributed by atoms with van der Waals surface area (Å²) in [5.74, 6) is 0. The van der Waals surface area contributed by atoms with Crippen LogP contribution >= 0.6 is 0 Å². The van der Waals surface area contributed by atoms with Gasteiger partial charge in [0.05, 0.1) is 0 Å². The van der Waals surface area contributed by atoms with Gasteiger partial charge < -0.3 is 0 Å². The van der Waals surface area contributed by atoms with Gasteiger partial charge in [-0.1, -0.05) is 0 Å². The van der Waals surface area contributed by atoms with Crippen LogP contribution < -0.4 is 21.8 Å². The first-order valence-electron chi connectivity index (χ1n) is 5.30. The first-order valence-corrected chi connectivity index (χ1v) is 7.23. The second-order valence-electron chi connectivity index (χ2n) is 3.90. The molecule has 3 heteroatoms. The average Bonchev–Trinajstić information content (AvgIpc) is 2.18. The van der Waals surface area contributed by atoms with Crippen molar-refractivity contribution < 1.29 is 21.8 Å². The Morgan fingerprint density at radius 2 is 1.93 bits per heavy atom. The molecule has 0 amide bonds. The molecule has 0 saturated carbocycles. The topological polar surface area (TPSA) is 6.48 Å². The Bertz CT molecular complexity index is 313. The van der Waals surface area contributed by atoms with E-state index in [2.05, 4.69) is 63.9 Å². The number of hydrogen-bond donors (Lipinski definition) is 0. The van der Waals surface area contributed by atoms with Gasteiger partial charge in [0.25, 0.3) is 0 Å². The zero-order valence-electron chi connectivity index (χ0n) is 9.39. The van der Waals surface area contributed by atoms with Crippen molar-refractivity contribution in [2.45, 2.75) is 33.0 Å². The second kappa shape index (κ2) is 4.80. The van der Waals surface area contributed by atoms with Crippen LogP contribution in [0.2, 0.25) is 0 Å². The van der Waals surface area contributed by atoms with Gasteiger partial charge in [-0.25, -0.2) is 0 Å². The molecule has 2 rings (SSSR count). The minimum absolute atomic E-state index is 0.0640. The molecule has 0 radical (unpaired) electrons. The van der Waals surface area contributed by atoms with E-state index in [-0.39, 0.29) is 21.8 Å². The molecule has 1 aliphatic rings. The zero-order chi connectivity index (χ0) is 10.8. The second-order valence-corrected chi connectivity index (χ2v) is 6.56. The van der Waals surface area contributed by atoms with Crippen LogP contribution in [0.4, 0.5) is 0 Å². The van der Waals surface area contributed by atoms with E-state index in [1.165, 1.54) is 5.56 Å². The Hall–Kier alpha value is -0.130. The van der Waals surface area contributed by atoms with Crippen LogP contribution in [0.15, 0.2) is 30.3 Å². The summed E-state index contributed by atoms with van der Waals surface area (Å²) in [6, 6.07) is 11.4. The van der Waals surface area contributed by atoms with E-state index in [1.807, 2.05) is 0 Å². The first kappa shape index (κ1) is 11.4. The fourth-order valence-corrected chi connectivity index (χ4v) is 4.32. The summed E-state index contributed by atoms with van der Waals surface area (Å²) in [7, 11) is 0. The van der Waals surface area contributed by atoms with Crippen LogP contribution in [-0.4, -0.2) is 12.3 Å². The number of halogens is 1. The van der Waals surface area contributed by atoms with Gasteiger partial charge >= 0.3 is 103 Å². The number of rotatable bonds is 3. The minimum atomic E-state index is 0.0640. The first-order chi connectivity index (χ1) is 7.24. The van der Waals surface area contributed by atoms with E-state index >= 15 is 0 Å². The maximum absolute atomic E-state index is 2.61. The van der Waals surface area contributed by atoms with Crippen LogP contribution in [-0.2, 0) is 0 Å². The fraction of sp³-hybridized carbons (Fsp3) is 0.417. The normalized spacial score (nSPS) is 23.6. The summed E-state index contributed by atoms with van der Waals surface area (Å²) >= 11 is 0.0640. The van der Waals surface area contributed by atoms with Crippen molar-refractivity contribution in [3.8, 4) is 0 Å². The molecule has 1 saturated heterocycles. The molecule has 1 unspecified atom stereocenters. The van der Waals surface area contributed by atoms with Gasteiger partial charge in [-0.15, -0.1) is 0 Å². The molecule has 0 aromatic heterocycles. The van der Waals surface area contributed by atoms with Gasteiger partial charge in [0.2, 0.25) is 0 Å². The van der Waals surface area contributed by atoms with E-state index in [9.17, 15) is 0 Å². The standard InChI is InChI=1S/C12H17IN2/c1-4-14-12(15(13-14)10(2)3)11-8-6-5-7-9-11/h4-10,12H,1-3H3/q-2. The third-order valence-electron chi connectivity index (χ3n) is 2.48. The summed E-state index contributed by atoms with van der Waals surface area (Å²) in [4.78, 5) is 0. The van der Waals surface area contributed by atoms with E-state index < -0.39 is 0 Å². The molecule has 1 aromatic carbocycles. The summed E-state index contributed by atoms with van der Waals surface area (Å²) in [5, 5.41) is 0. The summed E-state index contributed by atoms with van der Waals surface area (Å²) in [5.41, 5.74) is 1.41. The van der Waals surface area contributed by atoms with Gasteiger partial charge in [0.15, 0.2) is 0 Å². The van der Waals surface area contributed by atoms with Crippen LogP contribution in [0.5, 0.6) is 0 Å². The molecule has 0 aliphatic carbocycles. The van der Waals surface area contributed by atoms with Gasteiger partial charge in [-0.3, -0.25) is 0 Å². The van der Waals surface area contributed by atoms with Crippen molar-refractivity contribution in [1.29, 1.82) is 0 Å². The Labute approximate surface area is 103 Å². The van der Waals surface area contributed by atoms with Gasteiger partial charge in [-0.05, 0) is 0 Å². The molecule has 1 atom stereocenters. The van der Waals surface area contributed by atoms with E-state index in [0.29, 0.717) is 12.2 Å². The molecule has 0 bridgehead atoms. The average molecular weight is 316 g/mol. The summed E-state index contributed by atoms with van der Waals surface area (Å²) in [6.45, 7) is 8.92. The van der Waals surface area contributed by atoms with Crippen LogP contribution in [0.25, 0.3) is 0 Å². The van der Waals surface area contributed by atoms with Crippen LogP contribution in [0.1, 0.15) is 32.5 Å². The van der Waals surface area contributed by atoms with Crippen molar-refractivity contribution in [3.63, 3.8) is 0 Å². The van der Waals surface area contributed by atoms with Gasteiger partial charge in [-0.2, -0.15) is 0 Å². The molecule has 1 heterocycles. The predicted octanol–water partition coefficient (Wildman–Crippen LogP) is -0.188. The Morgan fingerprint density at radius 1 is 1.27 bits per heavy atom. The van der Waals surface area contributed by atoms with E-state index in [4.69, 9.17) is 0 Å². The number of hydrogen-bond acceptors (Lipinski definition) is 2. The molecule has 15 heavy (non-hydrogen) atoms. The number of benzene rings is 1. The van der Waals surface area contributed by atoms with Crippen LogP contribution in [0.3, 0.4) is 0 Å².